The van der Waals surface area contributed by atoms with Gasteiger partial charge in [-0.25, -0.2) is 4.98 Å². The van der Waals surface area contributed by atoms with Crippen LogP contribution >= 0.6 is 11.8 Å². The van der Waals surface area contributed by atoms with Gasteiger partial charge in [0.2, 0.25) is 0 Å². The van der Waals surface area contributed by atoms with Gasteiger partial charge in [-0.05, 0) is 30.8 Å². The van der Waals surface area contributed by atoms with Gasteiger partial charge in [0.15, 0.2) is 11.0 Å². The lowest BCUT2D eigenvalue weighted by Gasteiger charge is -2.06. The zero-order chi connectivity index (χ0) is 16.2. The minimum absolute atomic E-state index is 0.0616. The molecule has 8 nitrogen and oxygen atoms in total. The fourth-order valence-corrected chi connectivity index (χ4v) is 2.88. The fraction of sp³-hybridized carbons (Fsp3) is 0.143. The zero-order valence-corrected chi connectivity index (χ0v) is 13.0. The van der Waals surface area contributed by atoms with E-state index in [-0.39, 0.29) is 5.69 Å². The molecule has 0 radical (unpaired) electrons. The molecule has 0 saturated heterocycles. The van der Waals surface area contributed by atoms with Gasteiger partial charge >= 0.3 is 0 Å². The molecule has 0 aliphatic carbocycles. The van der Waals surface area contributed by atoms with Crippen LogP contribution in [0.5, 0.6) is 0 Å². The molecule has 116 valence electrons. The second-order valence-electron chi connectivity index (χ2n) is 4.49. The Hall–Kier alpha value is -2.81. The number of nitro benzene ring substituents is 1. The van der Waals surface area contributed by atoms with Crippen molar-refractivity contribution in [1.29, 1.82) is 0 Å². The number of aromatic nitrogens is 5. The van der Waals surface area contributed by atoms with Crippen molar-refractivity contribution in [2.45, 2.75) is 23.5 Å². The van der Waals surface area contributed by atoms with Crippen LogP contribution in [-0.4, -0.2) is 29.7 Å². The third kappa shape index (κ3) is 3.19. The van der Waals surface area contributed by atoms with Crippen molar-refractivity contribution < 1.29 is 4.92 Å². The number of hydrogen-bond donors (Lipinski definition) is 0. The number of nitrogens with zero attached hydrogens (tertiary/aromatic N) is 6. The highest BCUT2D eigenvalue weighted by molar-refractivity contribution is 7.99. The Morgan fingerprint density at radius 2 is 2.00 bits per heavy atom. The summed E-state index contributed by atoms with van der Waals surface area (Å²) in [6.07, 6.45) is 4.84. The van der Waals surface area contributed by atoms with E-state index in [2.05, 4.69) is 20.2 Å². The first-order valence-electron chi connectivity index (χ1n) is 6.81. The maximum Gasteiger partial charge on any atom is 0.269 e. The summed E-state index contributed by atoms with van der Waals surface area (Å²) in [5.41, 5.74) is 0.712. The van der Waals surface area contributed by atoms with Crippen molar-refractivity contribution in [3.63, 3.8) is 0 Å². The molecule has 2 aromatic heterocycles. The molecule has 2 heterocycles. The van der Waals surface area contributed by atoms with Crippen molar-refractivity contribution >= 4 is 17.4 Å². The summed E-state index contributed by atoms with van der Waals surface area (Å²) in [6.45, 7) is 2.66. The quantitative estimate of drug-likeness (QED) is 0.524. The Labute approximate surface area is 135 Å². The molecule has 9 heteroatoms. The number of hydrogen-bond acceptors (Lipinski definition) is 7. The van der Waals surface area contributed by atoms with Crippen molar-refractivity contribution in [2.75, 3.05) is 0 Å². The summed E-state index contributed by atoms with van der Waals surface area (Å²) >= 11 is 1.39. The van der Waals surface area contributed by atoms with Gasteiger partial charge in [0.25, 0.3) is 5.69 Å². The molecule has 0 unspecified atom stereocenters. The Morgan fingerprint density at radius 1 is 1.22 bits per heavy atom. The van der Waals surface area contributed by atoms with Crippen LogP contribution < -0.4 is 0 Å². The summed E-state index contributed by atoms with van der Waals surface area (Å²) in [5, 5.41) is 19.8. The maximum absolute atomic E-state index is 10.7. The average molecular weight is 328 g/mol. The molecule has 0 N–H and O–H groups in total. The zero-order valence-electron chi connectivity index (χ0n) is 12.2. The average Bonchev–Trinajstić information content (AvgIpc) is 2.98. The molecular weight excluding hydrogens is 316 g/mol. The van der Waals surface area contributed by atoms with Crippen LogP contribution in [0.1, 0.15) is 6.92 Å². The molecule has 0 fully saturated rings. The Balaban J connectivity index is 1.89. The van der Waals surface area contributed by atoms with E-state index < -0.39 is 4.92 Å². The van der Waals surface area contributed by atoms with Crippen molar-refractivity contribution in [2.24, 2.45) is 0 Å². The topological polar surface area (TPSA) is 99.6 Å². The highest BCUT2D eigenvalue weighted by Crippen LogP contribution is 2.29. The number of benzene rings is 1. The lowest BCUT2D eigenvalue weighted by Crippen LogP contribution is -2.00. The molecule has 23 heavy (non-hydrogen) atoms. The highest BCUT2D eigenvalue weighted by atomic mass is 32.2. The van der Waals surface area contributed by atoms with E-state index >= 15 is 0 Å². The van der Waals surface area contributed by atoms with Gasteiger partial charge in [0.05, 0.1) is 11.1 Å². The molecule has 0 spiro atoms. The van der Waals surface area contributed by atoms with Crippen LogP contribution in [0.3, 0.4) is 0 Å². The van der Waals surface area contributed by atoms with E-state index in [0.717, 1.165) is 4.90 Å². The lowest BCUT2D eigenvalue weighted by atomic mass is 10.3. The summed E-state index contributed by atoms with van der Waals surface area (Å²) in [5.74, 6) is 0.644. The number of nitro groups is 1. The summed E-state index contributed by atoms with van der Waals surface area (Å²) < 4.78 is 1.93. The van der Waals surface area contributed by atoms with E-state index in [1.807, 2.05) is 11.5 Å². The largest absolute Gasteiger partial charge is 0.301 e. The SMILES string of the molecule is CCn1c(Sc2ccc([N+](=O)[O-])cc2)nnc1-c1cnccn1. The smallest absolute Gasteiger partial charge is 0.269 e. The molecule has 0 atom stereocenters. The van der Waals surface area contributed by atoms with Crippen LogP contribution in [0, 0.1) is 10.1 Å². The van der Waals surface area contributed by atoms with Crippen molar-refractivity contribution in [3.05, 3.63) is 53.0 Å². The minimum atomic E-state index is -0.421. The van der Waals surface area contributed by atoms with E-state index in [0.29, 0.717) is 23.2 Å². The van der Waals surface area contributed by atoms with Crippen molar-refractivity contribution in [3.8, 4) is 11.5 Å². The maximum atomic E-state index is 10.7. The minimum Gasteiger partial charge on any atom is -0.301 e. The second-order valence-corrected chi connectivity index (χ2v) is 5.53. The summed E-state index contributed by atoms with van der Waals surface area (Å²) in [4.78, 5) is 19.4. The molecule has 1 aromatic carbocycles. The standard InChI is InChI=1S/C14H12N6O2S/c1-2-19-13(12-9-15-7-8-16-12)17-18-14(19)23-11-5-3-10(4-6-11)20(21)22/h3-9H,2H2,1H3. The normalized spacial score (nSPS) is 10.7. The van der Waals surface area contributed by atoms with E-state index in [9.17, 15) is 10.1 Å². The van der Waals surface area contributed by atoms with E-state index in [1.54, 1.807) is 30.7 Å². The van der Waals surface area contributed by atoms with Crippen LogP contribution in [0.15, 0.2) is 52.9 Å². The van der Waals surface area contributed by atoms with E-state index in [4.69, 9.17) is 0 Å². The molecule has 0 saturated carbocycles. The first-order chi connectivity index (χ1) is 11.2. The third-order valence-electron chi connectivity index (χ3n) is 3.08. The number of rotatable bonds is 5. The van der Waals surface area contributed by atoms with Gasteiger partial charge in [0.1, 0.15) is 5.69 Å². The van der Waals surface area contributed by atoms with Gasteiger partial charge in [-0.1, -0.05) is 0 Å². The molecule has 0 aliphatic rings. The van der Waals surface area contributed by atoms with Crippen LogP contribution in [-0.2, 0) is 6.54 Å². The molecular formula is C14H12N6O2S. The number of non-ortho nitro benzene ring substituents is 1. The van der Waals surface area contributed by atoms with E-state index in [1.165, 1.54) is 23.9 Å². The molecule has 0 bridgehead atoms. The monoisotopic (exact) mass is 328 g/mol. The van der Waals surface area contributed by atoms with Gasteiger partial charge in [-0.2, -0.15) is 0 Å². The fourth-order valence-electron chi connectivity index (χ4n) is 1.99. The predicted molar refractivity (Wildman–Crippen MR) is 83.9 cm³/mol. The van der Waals surface area contributed by atoms with Crippen LogP contribution in [0.2, 0.25) is 0 Å². The molecule has 3 rings (SSSR count). The predicted octanol–water partition coefficient (Wildman–Crippen LogP) is 2.81. The molecule has 0 aliphatic heterocycles. The molecule has 3 aromatic rings. The Bertz CT molecular complexity index is 819. The first kappa shape index (κ1) is 15.1. The van der Waals surface area contributed by atoms with Crippen molar-refractivity contribution in [1.82, 2.24) is 24.7 Å². The Morgan fingerprint density at radius 3 is 2.61 bits per heavy atom. The van der Waals surface area contributed by atoms with Crippen LogP contribution in [0.4, 0.5) is 5.69 Å². The lowest BCUT2D eigenvalue weighted by molar-refractivity contribution is -0.384. The first-order valence-corrected chi connectivity index (χ1v) is 7.62. The van der Waals surface area contributed by atoms with Gasteiger partial charge in [-0.3, -0.25) is 15.1 Å². The highest BCUT2D eigenvalue weighted by Gasteiger charge is 2.15. The third-order valence-corrected chi connectivity index (χ3v) is 4.07. The summed E-state index contributed by atoms with van der Waals surface area (Å²) in [6, 6.07) is 6.33. The summed E-state index contributed by atoms with van der Waals surface area (Å²) in [7, 11) is 0. The Kier molecular flexibility index (Phi) is 4.29. The molecule has 0 amide bonds. The van der Waals surface area contributed by atoms with Gasteiger partial charge in [0, 0.05) is 36.0 Å². The second kappa shape index (κ2) is 6.53. The van der Waals surface area contributed by atoms with Gasteiger partial charge < -0.3 is 4.57 Å². The van der Waals surface area contributed by atoms with Gasteiger partial charge in [-0.15, -0.1) is 10.2 Å². The van der Waals surface area contributed by atoms with Crippen LogP contribution in [0.25, 0.3) is 11.5 Å².